The number of pyridine rings is 1. The first-order chi connectivity index (χ1) is 15.8. The lowest BCUT2D eigenvalue weighted by molar-refractivity contribution is 0.102. The molecule has 1 aliphatic rings. The summed E-state index contributed by atoms with van der Waals surface area (Å²) in [6, 6.07) is 11.8. The number of nitrogens with one attached hydrogen (secondary N) is 2. The van der Waals surface area contributed by atoms with Crippen LogP contribution < -0.4 is 10.6 Å². The fourth-order valence-corrected chi connectivity index (χ4v) is 3.60. The molecule has 0 aliphatic carbocycles. The average molecular weight is 486 g/mol. The number of anilines is 2. The Morgan fingerprint density at radius 1 is 0.970 bits per heavy atom. The van der Waals surface area contributed by atoms with E-state index in [4.69, 9.17) is 23.2 Å². The number of hydrogen-bond donors (Lipinski definition) is 2. The minimum absolute atomic E-state index is 0.0894. The fourth-order valence-electron chi connectivity index (χ4n) is 3.32. The Morgan fingerprint density at radius 3 is 2.39 bits per heavy atom. The number of likely N-dealkylation sites (N-methyl/N-ethyl adjacent to an activating group) is 1. The number of nitrogens with zero attached hydrogens (tertiary/aromatic N) is 3. The van der Waals surface area contributed by atoms with E-state index in [1.165, 1.54) is 42.6 Å². The predicted molar refractivity (Wildman–Crippen MR) is 127 cm³/mol. The van der Waals surface area contributed by atoms with E-state index in [2.05, 4.69) is 20.6 Å². The third kappa shape index (κ3) is 5.13. The lowest BCUT2D eigenvalue weighted by atomic mass is 10.1. The summed E-state index contributed by atoms with van der Waals surface area (Å²) in [6.45, 7) is 1.40. The lowest BCUT2D eigenvalue weighted by Crippen LogP contribution is -2.24. The van der Waals surface area contributed by atoms with Crippen LogP contribution in [0.3, 0.4) is 0 Å². The van der Waals surface area contributed by atoms with Crippen LogP contribution in [0, 0.1) is 5.82 Å². The van der Waals surface area contributed by atoms with Crippen LogP contribution in [0.15, 0.2) is 59.7 Å². The van der Waals surface area contributed by atoms with Gasteiger partial charge in [0.05, 0.1) is 28.4 Å². The van der Waals surface area contributed by atoms with E-state index in [0.29, 0.717) is 28.0 Å². The molecule has 168 valence electrons. The molecule has 2 amide bonds. The quantitative estimate of drug-likeness (QED) is 0.547. The summed E-state index contributed by atoms with van der Waals surface area (Å²) in [7, 11) is 1.87. The summed E-state index contributed by atoms with van der Waals surface area (Å²) in [5.41, 5.74) is 0.678. The van der Waals surface area contributed by atoms with Gasteiger partial charge in [0.2, 0.25) is 0 Å². The molecule has 2 N–H and O–H groups in total. The molecular formula is C23H18Cl2FN5O2. The number of carbonyl (C=O) groups is 2. The summed E-state index contributed by atoms with van der Waals surface area (Å²) in [6.07, 6.45) is 1.39. The second-order valence-corrected chi connectivity index (χ2v) is 8.15. The van der Waals surface area contributed by atoms with Crippen LogP contribution >= 0.6 is 23.2 Å². The molecule has 1 aliphatic heterocycles. The Morgan fingerprint density at radius 2 is 1.73 bits per heavy atom. The van der Waals surface area contributed by atoms with Crippen molar-refractivity contribution in [3.05, 3.63) is 87.3 Å². The Hall–Kier alpha value is -3.49. The highest BCUT2D eigenvalue weighted by atomic mass is 35.5. The first-order valence-electron chi connectivity index (χ1n) is 9.91. The molecule has 0 saturated carbocycles. The number of hydrogen-bond acceptors (Lipinski definition) is 5. The number of benzene rings is 2. The molecule has 0 unspecified atom stereocenters. The SMILES string of the molecule is CN1CCN=C1c1ccc(C(=O)Nc2ccc(Cl)cc2C(=O)Nc2ccc(Cl)cn2)c(F)c1. The van der Waals surface area contributed by atoms with E-state index < -0.39 is 17.6 Å². The average Bonchev–Trinajstić information content (AvgIpc) is 3.22. The number of rotatable bonds is 5. The Kier molecular flexibility index (Phi) is 6.57. The molecule has 7 nitrogen and oxygen atoms in total. The number of halogens is 3. The monoisotopic (exact) mass is 485 g/mol. The number of aromatic nitrogens is 1. The second kappa shape index (κ2) is 9.56. The maximum atomic E-state index is 14.8. The normalized spacial score (nSPS) is 13.0. The van der Waals surface area contributed by atoms with E-state index in [1.54, 1.807) is 12.1 Å². The van der Waals surface area contributed by atoms with E-state index >= 15 is 0 Å². The van der Waals surface area contributed by atoms with Crippen molar-refractivity contribution in [1.82, 2.24) is 9.88 Å². The van der Waals surface area contributed by atoms with E-state index in [9.17, 15) is 14.0 Å². The van der Waals surface area contributed by atoms with Crippen LogP contribution in [0.5, 0.6) is 0 Å². The molecule has 1 aromatic heterocycles. The van der Waals surface area contributed by atoms with Crippen LogP contribution in [0.2, 0.25) is 10.0 Å². The van der Waals surface area contributed by atoms with E-state index in [1.807, 2.05) is 11.9 Å². The molecule has 0 atom stereocenters. The molecule has 0 spiro atoms. The van der Waals surface area contributed by atoms with Crippen LogP contribution in [-0.2, 0) is 0 Å². The second-order valence-electron chi connectivity index (χ2n) is 7.28. The zero-order valence-corrected chi connectivity index (χ0v) is 18.9. The van der Waals surface area contributed by atoms with Crippen molar-refractivity contribution in [2.45, 2.75) is 0 Å². The minimum Gasteiger partial charge on any atom is -0.358 e. The topological polar surface area (TPSA) is 86.7 Å². The molecule has 3 aromatic rings. The molecular weight excluding hydrogens is 468 g/mol. The smallest absolute Gasteiger partial charge is 0.258 e. The molecule has 2 heterocycles. The van der Waals surface area contributed by atoms with Crippen molar-refractivity contribution in [3.8, 4) is 0 Å². The molecule has 10 heteroatoms. The number of carbonyl (C=O) groups excluding carboxylic acids is 2. The first kappa shape index (κ1) is 22.7. The predicted octanol–water partition coefficient (Wildman–Crippen LogP) is 4.72. The van der Waals surface area contributed by atoms with Crippen LogP contribution in [0.25, 0.3) is 0 Å². The summed E-state index contributed by atoms with van der Waals surface area (Å²) < 4.78 is 14.8. The van der Waals surface area contributed by atoms with Crippen LogP contribution in [0.1, 0.15) is 26.3 Å². The van der Waals surface area contributed by atoms with Crippen molar-refractivity contribution in [2.75, 3.05) is 30.8 Å². The van der Waals surface area contributed by atoms with Crippen LogP contribution in [0.4, 0.5) is 15.9 Å². The van der Waals surface area contributed by atoms with E-state index in [-0.39, 0.29) is 22.6 Å². The van der Waals surface area contributed by atoms with Gasteiger partial charge in [-0.2, -0.15) is 0 Å². The van der Waals surface area contributed by atoms with Gasteiger partial charge in [-0.05, 0) is 42.5 Å². The molecule has 2 aromatic carbocycles. The molecule has 0 radical (unpaired) electrons. The highest BCUT2D eigenvalue weighted by Gasteiger charge is 2.20. The van der Waals surface area contributed by atoms with Gasteiger partial charge < -0.3 is 15.5 Å². The third-order valence-corrected chi connectivity index (χ3v) is 5.43. The standard InChI is InChI=1S/C23H18Cl2FN5O2/c1-31-9-8-27-21(31)13-2-5-16(18(26)10-13)22(32)29-19-6-3-14(24)11-17(19)23(33)30-20-7-4-15(25)12-28-20/h2-7,10-12H,8-9H2,1H3,(H,29,32)(H,28,30,33). The van der Waals surface area contributed by atoms with Gasteiger partial charge in [-0.25, -0.2) is 9.37 Å². The van der Waals surface area contributed by atoms with Gasteiger partial charge in [0.1, 0.15) is 17.5 Å². The molecule has 0 bridgehead atoms. The van der Waals surface area contributed by atoms with Crippen LogP contribution in [-0.4, -0.2) is 47.7 Å². The molecule has 0 saturated heterocycles. The molecule has 33 heavy (non-hydrogen) atoms. The maximum absolute atomic E-state index is 14.8. The number of amides is 2. The minimum atomic E-state index is -0.707. The van der Waals surface area contributed by atoms with Crippen molar-refractivity contribution in [1.29, 1.82) is 0 Å². The Bertz CT molecular complexity index is 1260. The summed E-state index contributed by atoms with van der Waals surface area (Å²) in [5, 5.41) is 5.91. The van der Waals surface area contributed by atoms with Gasteiger partial charge in [0, 0.05) is 30.4 Å². The van der Waals surface area contributed by atoms with Gasteiger partial charge in [-0.15, -0.1) is 0 Å². The highest BCUT2D eigenvalue weighted by Crippen LogP contribution is 2.24. The van der Waals surface area contributed by atoms with Gasteiger partial charge in [0.15, 0.2) is 0 Å². The number of amidine groups is 1. The lowest BCUT2D eigenvalue weighted by Gasteiger charge is -2.15. The van der Waals surface area contributed by atoms with Crippen molar-refractivity contribution >= 4 is 52.4 Å². The van der Waals surface area contributed by atoms with E-state index in [0.717, 1.165) is 6.54 Å². The summed E-state index contributed by atoms with van der Waals surface area (Å²) in [4.78, 5) is 35.9. The Balaban J connectivity index is 1.56. The molecule has 0 fully saturated rings. The highest BCUT2D eigenvalue weighted by molar-refractivity contribution is 6.31. The summed E-state index contributed by atoms with van der Waals surface area (Å²) in [5.74, 6) is -1.02. The zero-order chi connectivity index (χ0) is 23.5. The maximum Gasteiger partial charge on any atom is 0.258 e. The zero-order valence-electron chi connectivity index (χ0n) is 17.4. The third-order valence-electron chi connectivity index (χ3n) is 4.97. The first-order valence-corrected chi connectivity index (χ1v) is 10.7. The largest absolute Gasteiger partial charge is 0.358 e. The Labute approximate surface area is 199 Å². The fraction of sp³-hybridized carbons (Fsp3) is 0.130. The van der Waals surface area contributed by atoms with Gasteiger partial charge in [0.25, 0.3) is 11.8 Å². The number of aliphatic imine (C=N–C) groups is 1. The van der Waals surface area contributed by atoms with Gasteiger partial charge >= 0.3 is 0 Å². The van der Waals surface area contributed by atoms with Crippen molar-refractivity contribution in [2.24, 2.45) is 4.99 Å². The van der Waals surface area contributed by atoms with Gasteiger partial charge in [-0.3, -0.25) is 14.6 Å². The molecule has 4 rings (SSSR count). The summed E-state index contributed by atoms with van der Waals surface area (Å²) >= 11 is 11.9. The van der Waals surface area contributed by atoms with Gasteiger partial charge in [-0.1, -0.05) is 29.3 Å². The van der Waals surface area contributed by atoms with Crippen molar-refractivity contribution < 1.29 is 14.0 Å². The van der Waals surface area contributed by atoms with Crippen molar-refractivity contribution in [3.63, 3.8) is 0 Å².